The topological polar surface area (TPSA) is 86.8 Å². The van der Waals surface area contributed by atoms with Crippen molar-refractivity contribution < 1.29 is 22.4 Å². The van der Waals surface area contributed by atoms with Crippen LogP contribution in [0.2, 0.25) is 0 Å². The molecule has 1 heterocycles. The zero-order valence-corrected chi connectivity index (χ0v) is 19.8. The molecule has 1 aliphatic heterocycles. The van der Waals surface area contributed by atoms with Crippen LogP contribution in [0, 0.1) is 5.82 Å². The molecule has 0 unspecified atom stereocenters. The number of sulfonamides is 1. The van der Waals surface area contributed by atoms with Gasteiger partial charge in [-0.15, -0.1) is 0 Å². The van der Waals surface area contributed by atoms with Crippen LogP contribution in [0.5, 0.6) is 0 Å². The fourth-order valence-electron chi connectivity index (χ4n) is 4.09. The van der Waals surface area contributed by atoms with Gasteiger partial charge in [0.2, 0.25) is 15.9 Å². The van der Waals surface area contributed by atoms with E-state index in [1.807, 2.05) is 0 Å². The average molecular weight is 476 g/mol. The molecule has 1 fully saturated rings. The lowest BCUT2D eigenvalue weighted by Gasteiger charge is -2.30. The number of rotatable bonds is 7. The number of carbonyl (C=O) groups is 2. The first-order chi connectivity index (χ1) is 15.7. The van der Waals surface area contributed by atoms with Crippen LogP contribution in [0.1, 0.15) is 49.4 Å². The second-order valence-corrected chi connectivity index (χ2v) is 10.1. The summed E-state index contributed by atoms with van der Waals surface area (Å²) >= 11 is 0. The van der Waals surface area contributed by atoms with Crippen molar-refractivity contribution in [3.63, 3.8) is 0 Å². The fraction of sp³-hybridized carbons (Fsp3) is 0.417. The van der Waals surface area contributed by atoms with Crippen LogP contribution < -0.4 is 9.62 Å². The first-order valence-electron chi connectivity index (χ1n) is 11.2. The molecule has 2 amide bonds. The van der Waals surface area contributed by atoms with Crippen molar-refractivity contribution in [1.82, 2.24) is 4.90 Å². The van der Waals surface area contributed by atoms with Crippen molar-refractivity contribution in [2.45, 2.75) is 45.1 Å². The Labute approximate surface area is 194 Å². The lowest BCUT2D eigenvalue weighted by molar-refractivity contribution is -0.117. The lowest BCUT2D eigenvalue weighted by atomic mass is 10.1. The van der Waals surface area contributed by atoms with Gasteiger partial charge < -0.3 is 10.2 Å². The molecule has 0 radical (unpaired) electrons. The second kappa shape index (κ2) is 10.8. The lowest BCUT2D eigenvalue weighted by Crippen LogP contribution is -2.47. The molecule has 3 rings (SSSR count). The van der Waals surface area contributed by atoms with E-state index in [4.69, 9.17) is 0 Å². The Morgan fingerprint density at radius 2 is 1.64 bits per heavy atom. The number of amides is 2. The third kappa shape index (κ3) is 6.10. The first-order valence-corrected chi connectivity index (χ1v) is 13.0. The van der Waals surface area contributed by atoms with Crippen molar-refractivity contribution >= 4 is 33.2 Å². The number of para-hydroxylation sites is 1. The van der Waals surface area contributed by atoms with Gasteiger partial charge in [-0.1, -0.05) is 31.9 Å². The van der Waals surface area contributed by atoms with E-state index in [1.165, 1.54) is 12.1 Å². The van der Waals surface area contributed by atoms with E-state index in [2.05, 4.69) is 5.32 Å². The molecular formula is C24H30FN3O4S. The van der Waals surface area contributed by atoms with Gasteiger partial charge >= 0.3 is 0 Å². The minimum Gasteiger partial charge on any atom is -0.339 e. The Bertz CT molecular complexity index is 1080. The zero-order valence-electron chi connectivity index (χ0n) is 19.0. The van der Waals surface area contributed by atoms with Crippen LogP contribution in [0.15, 0.2) is 48.5 Å². The molecule has 178 valence electrons. The molecule has 0 spiro atoms. The summed E-state index contributed by atoms with van der Waals surface area (Å²) < 4.78 is 39.5. The summed E-state index contributed by atoms with van der Waals surface area (Å²) in [7, 11) is -3.85. The summed E-state index contributed by atoms with van der Waals surface area (Å²) in [6.07, 6.45) is 5.25. The summed E-state index contributed by atoms with van der Waals surface area (Å²) in [5, 5.41) is 2.76. The van der Waals surface area contributed by atoms with Gasteiger partial charge in [-0.3, -0.25) is 13.9 Å². The molecule has 1 atom stereocenters. The van der Waals surface area contributed by atoms with Crippen LogP contribution in [0.4, 0.5) is 15.8 Å². The van der Waals surface area contributed by atoms with Gasteiger partial charge in [-0.25, -0.2) is 12.8 Å². The maximum Gasteiger partial charge on any atom is 0.255 e. The summed E-state index contributed by atoms with van der Waals surface area (Å²) in [4.78, 5) is 28.2. The van der Waals surface area contributed by atoms with Gasteiger partial charge in [0, 0.05) is 13.1 Å². The highest BCUT2D eigenvalue weighted by Crippen LogP contribution is 2.25. The Morgan fingerprint density at radius 1 is 1.03 bits per heavy atom. The minimum absolute atomic E-state index is 0.153. The van der Waals surface area contributed by atoms with Crippen molar-refractivity contribution in [2.75, 3.05) is 29.0 Å². The third-order valence-corrected chi connectivity index (χ3v) is 6.90. The summed E-state index contributed by atoms with van der Waals surface area (Å²) in [6.45, 7) is 3.04. The molecule has 1 N–H and O–H groups in total. The number of likely N-dealkylation sites (tertiary alicyclic amines) is 1. The molecular weight excluding hydrogens is 445 g/mol. The Balaban J connectivity index is 1.88. The quantitative estimate of drug-likeness (QED) is 0.655. The normalized spacial score (nSPS) is 15.4. The van der Waals surface area contributed by atoms with E-state index in [9.17, 15) is 22.4 Å². The highest BCUT2D eigenvalue weighted by Gasteiger charge is 2.32. The van der Waals surface area contributed by atoms with Gasteiger partial charge in [-0.05, 0) is 55.7 Å². The highest BCUT2D eigenvalue weighted by atomic mass is 32.2. The Hall–Kier alpha value is -2.94. The number of anilines is 2. The molecule has 33 heavy (non-hydrogen) atoms. The summed E-state index contributed by atoms with van der Waals surface area (Å²) in [5.41, 5.74) is 0.896. The molecule has 9 heteroatoms. The molecule has 0 saturated carbocycles. The third-order valence-electron chi connectivity index (χ3n) is 5.72. The van der Waals surface area contributed by atoms with Gasteiger partial charge in [0.05, 0.1) is 23.2 Å². The average Bonchev–Trinajstić information content (AvgIpc) is 3.07. The van der Waals surface area contributed by atoms with Crippen molar-refractivity contribution in [3.05, 3.63) is 59.9 Å². The number of carbonyl (C=O) groups excluding carboxylic acids is 2. The van der Waals surface area contributed by atoms with Crippen LogP contribution >= 0.6 is 0 Å². The Morgan fingerprint density at radius 3 is 2.21 bits per heavy atom. The molecule has 1 saturated heterocycles. The van der Waals surface area contributed by atoms with Gasteiger partial charge in [0.15, 0.2) is 0 Å². The largest absolute Gasteiger partial charge is 0.339 e. The maximum absolute atomic E-state index is 13.4. The number of hydrogen-bond acceptors (Lipinski definition) is 4. The van der Waals surface area contributed by atoms with Crippen molar-refractivity contribution in [3.8, 4) is 0 Å². The summed E-state index contributed by atoms with van der Waals surface area (Å²) in [5.74, 6) is -1.23. The van der Waals surface area contributed by atoms with Gasteiger partial charge in [0.25, 0.3) is 5.91 Å². The predicted molar refractivity (Wildman–Crippen MR) is 127 cm³/mol. The van der Waals surface area contributed by atoms with Crippen molar-refractivity contribution in [1.29, 1.82) is 0 Å². The van der Waals surface area contributed by atoms with Gasteiger partial charge in [0.1, 0.15) is 11.9 Å². The highest BCUT2D eigenvalue weighted by molar-refractivity contribution is 7.92. The summed E-state index contributed by atoms with van der Waals surface area (Å²) in [6, 6.07) is 10.6. The predicted octanol–water partition coefficient (Wildman–Crippen LogP) is 4.03. The van der Waals surface area contributed by atoms with Gasteiger partial charge in [-0.2, -0.15) is 0 Å². The van der Waals surface area contributed by atoms with E-state index in [-0.39, 0.29) is 18.0 Å². The molecule has 1 aliphatic rings. The second-order valence-electron chi connectivity index (χ2n) is 8.20. The molecule has 7 nitrogen and oxygen atoms in total. The number of nitrogens with zero attached hydrogens (tertiary/aromatic N) is 2. The van der Waals surface area contributed by atoms with Crippen molar-refractivity contribution in [2.24, 2.45) is 0 Å². The number of benzene rings is 2. The zero-order chi connectivity index (χ0) is 24.0. The van der Waals surface area contributed by atoms with Crippen LogP contribution in [-0.2, 0) is 14.8 Å². The standard InChI is InChI=1S/C24H30FN3O4S/c1-3-22(28(33(2,31)32)19-14-12-18(25)13-15-19)23(29)26-21-11-7-6-10-20(21)24(30)27-16-8-4-5-9-17-27/h6-7,10-15,22H,3-5,8-9,16-17H2,1-2H3,(H,26,29)/t22-/m0/s1. The number of halogens is 1. The number of nitrogens with one attached hydrogen (secondary N) is 1. The van der Waals surface area contributed by atoms with E-state index < -0.39 is 27.8 Å². The van der Waals surface area contributed by atoms with Crippen LogP contribution in [0.3, 0.4) is 0 Å². The maximum atomic E-state index is 13.4. The minimum atomic E-state index is -3.85. The van der Waals surface area contributed by atoms with E-state index in [0.29, 0.717) is 24.3 Å². The van der Waals surface area contributed by atoms with E-state index in [1.54, 1.807) is 36.1 Å². The SMILES string of the molecule is CC[C@@H](C(=O)Nc1ccccc1C(=O)N1CCCCCC1)N(c1ccc(F)cc1)S(C)(=O)=O. The monoisotopic (exact) mass is 475 g/mol. The first kappa shape index (κ1) is 24.7. The van der Waals surface area contributed by atoms with Crippen LogP contribution in [-0.4, -0.2) is 50.5 Å². The van der Waals surface area contributed by atoms with Crippen LogP contribution in [0.25, 0.3) is 0 Å². The number of hydrogen-bond donors (Lipinski definition) is 1. The molecule has 0 aromatic heterocycles. The molecule has 0 bridgehead atoms. The molecule has 2 aromatic rings. The van der Waals surface area contributed by atoms with E-state index in [0.717, 1.165) is 48.4 Å². The molecule has 2 aromatic carbocycles. The molecule has 0 aliphatic carbocycles. The fourth-order valence-corrected chi connectivity index (χ4v) is 5.30. The Kier molecular flexibility index (Phi) is 8.07. The van der Waals surface area contributed by atoms with E-state index >= 15 is 0 Å². The smallest absolute Gasteiger partial charge is 0.255 e.